The molecule has 0 aromatic carbocycles. The van der Waals surface area contributed by atoms with Crippen molar-refractivity contribution in [1.29, 1.82) is 0 Å². The predicted molar refractivity (Wildman–Crippen MR) is 116 cm³/mol. The van der Waals surface area contributed by atoms with Crippen LogP contribution in [0.3, 0.4) is 0 Å². The third-order valence-corrected chi connectivity index (χ3v) is 5.64. The molecule has 2 N–H and O–H groups in total. The zero-order valence-electron chi connectivity index (χ0n) is 16.3. The van der Waals surface area contributed by atoms with Crippen LogP contribution in [0.25, 0.3) is 0 Å². The van der Waals surface area contributed by atoms with Crippen molar-refractivity contribution >= 4 is 36.5 Å². The molecule has 1 aromatic rings. The normalized spacial score (nSPS) is 18.3. The van der Waals surface area contributed by atoms with Crippen molar-refractivity contribution in [1.82, 2.24) is 15.6 Å². The summed E-state index contributed by atoms with van der Waals surface area (Å²) >= 11 is 0. The molecule has 0 radical (unpaired) electrons. The predicted octanol–water partition coefficient (Wildman–Crippen LogP) is 3.56. The second kappa shape index (κ2) is 12.4. The molecule has 0 unspecified atom stereocenters. The molecule has 0 aliphatic carbocycles. The Morgan fingerprint density at radius 3 is 2.52 bits per heavy atom. The van der Waals surface area contributed by atoms with Crippen molar-refractivity contribution in [3.8, 4) is 0 Å². The van der Waals surface area contributed by atoms with E-state index >= 15 is 0 Å². The van der Waals surface area contributed by atoms with E-state index in [9.17, 15) is 4.79 Å². The van der Waals surface area contributed by atoms with Gasteiger partial charge in [-0.05, 0) is 68.7 Å². The van der Waals surface area contributed by atoms with Gasteiger partial charge >= 0.3 is 0 Å². The molecule has 2 saturated heterocycles. The zero-order valence-corrected chi connectivity index (χ0v) is 17.9. The Labute approximate surface area is 175 Å². The number of piperidine rings is 2. The first-order valence-electron chi connectivity index (χ1n) is 9.88. The highest BCUT2D eigenvalue weighted by Gasteiger charge is 2.17. The molecule has 0 saturated carbocycles. The van der Waals surface area contributed by atoms with Crippen molar-refractivity contribution in [2.45, 2.75) is 52.0 Å². The van der Waals surface area contributed by atoms with Crippen molar-refractivity contribution in [3.05, 3.63) is 23.9 Å². The van der Waals surface area contributed by atoms with Crippen molar-refractivity contribution in [2.75, 3.05) is 31.1 Å². The standard InChI is InChI=1S/C20H32N4O.2ClH/c1-16-8-12-24(13-9-16)19-4-2-18(14-22-19)15-23-20(25)5-3-17-6-10-21-11-7-17;;/h2,4,14,16-17,21H,3,5-13,15H2,1H3,(H,23,25);2*1H. The van der Waals surface area contributed by atoms with Crippen LogP contribution >= 0.6 is 24.8 Å². The molecule has 3 rings (SSSR count). The maximum Gasteiger partial charge on any atom is 0.220 e. The number of carbonyl (C=O) groups is 1. The van der Waals surface area contributed by atoms with Crippen LogP contribution in [-0.2, 0) is 11.3 Å². The molecule has 0 atom stereocenters. The van der Waals surface area contributed by atoms with E-state index in [-0.39, 0.29) is 30.7 Å². The molecule has 27 heavy (non-hydrogen) atoms. The molecule has 0 bridgehead atoms. The van der Waals surface area contributed by atoms with Gasteiger partial charge in [-0.1, -0.05) is 13.0 Å². The largest absolute Gasteiger partial charge is 0.357 e. The molecule has 1 amide bonds. The Bertz CT molecular complexity index is 541. The van der Waals surface area contributed by atoms with Gasteiger partial charge in [-0.2, -0.15) is 0 Å². The number of pyridine rings is 1. The Kier molecular flexibility index (Phi) is 11.0. The van der Waals surface area contributed by atoms with Crippen LogP contribution in [0, 0.1) is 11.8 Å². The Hall–Kier alpha value is -1.04. The molecule has 1 aromatic heterocycles. The maximum atomic E-state index is 12.0. The summed E-state index contributed by atoms with van der Waals surface area (Å²) < 4.78 is 0. The topological polar surface area (TPSA) is 57.3 Å². The average Bonchev–Trinajstić information content (AvgIpc) is 2.67. The quantitative estimate of drug-likeness (QED) is 0.743. The van der Waals surface area contributed by atoms with E-state index < -0.39 is 0 Å². The van der Waals surface area contributed by atoms with Gasteiger partial charge in [0.05, 0.1) is 0 Å². The molecule has 0 spiro atoms. The van der Waals surface area contributed by atoms with E-state index in [4.69, 9.17) is 0 Å². The van der Waals surface area contributed by atoms with Crippen LogP contribution in [-0.4, -0.2) is 37.1 Å². The average molecular weight is 417 g/mol. The molecule has 5 nitrogen and oxygen atoms in total. The van der Waals surface area contributed by atoms with E-state index in [0.717, 1.165) is 49.9 Å². The minimum Gasteiger partial charge on any atom is -0.357 e. The zero-order chi connectivity index (χ0) is 17.5. The van der Waals surface area contributed by atoms with Crippen LogP contribution in [0.4, 0.5) is 5.82 Å². The van der Waals surface area contributed by atoms with Gasteiger partial charge in [0.1, 0.15) is 5.82 Å². The van der Waals surface area contributed by atoms with Gasteiger partial charge in [0, 0.05) is 32.3 Å². The summed E-state index contributed by atoms with van der Waals surface area (Å²) in [4.78, 5) is 19.0. The highest BCUT2D eigenvalue weighted by molar-refractivity contribution is 5.85. The number of hydrogen-bond donors (Lipinski definition) is 2. The smallest absolute Gasteiger partial charge is 0.220 e. The van der Waals surface area contributed by atoms with Gasteiger partial charge in [-0.15, -0.1) is 24.8 Å². The number of carbonyl (C=O) groups excluding carboxylic acids is 1. The number of amides is 1. The lowest BCUT2D eigenvalue weighted by molar-refractivity contribution is -0.121. The van der Waals surface area contributed by atoms with Crippen LogP contribution in [0.15, 0.2) is 18.3 Å². The van der Waals surface area contributed by atoms with Gasteiger partial charge in [0.15, 0.2) is 0 Å². The lowest BCUT2D eigenvalue weighted by atomic mass is 9.93. The Balaban J connectivity index is 0.00000182. The van der Waals surface area contributed by atoms with E-state index in [2.05, 4.69) is 39.6 Å². The van der Waals surface area contributed by atoms with E-state index in [1.54, 1.807) is 0 Å². The van der Waals surface area contributed by atoms with Crippen molar-refractivity contribution < 1.29 is 4.79 Å². The third kappa shape index (κ3) is 7.84. The molecular weight excluding hydrogens is 383 g/mol. The second-order valence-electron chi connectivity index (χ2n) is 7.70. The highest BCUT2D eigenvalue weighted by atomic mass is 35.5. The molecule has 3 heterocycles. The monoisotopic (exact) mass is 416 g/mol. The molecule has 2 aliphatic rings. The number of nitrogens with one attached hydrogen (secondary N) is 2. The number of nitrogens with zero attached hydrogens (tertiary/aromatic N) is 2. The fraction of sp³-hybridized carbons (Fsp3) is 0.700. The number of hydrogen-bond acceptors (Lipinski definition) is 4. The fourth-order valence-corrected chi connectivity index (χ4v) is 3.74. The highest BCUT2D eigenvalue weighted by Crippen LogP contribution is 2.21. The second-order valence-corrected chi connectivity index (χ2v) is 7.70. The van der Waals surface area contributed by atoms with Crippen LogP contribution < -0.4 is 15.5 Å². The summed E-state index contributed by atoms with van der Waals surface area (Å²) in [5, 5.41) is 6.40. The first-order chi connectivity index (χ1) is 12.2. The van der Waals surface area contributed by atoms with Gasteiger partial charge < -0.3 is 15.5 Å². The molecule has 2 aliphatic heterocycles. The SMILES string of the molecule is CC1CCN(c2ccc(CNC(=O)CCC3CCNCC3)cn2)CC1.Cl.Cl. The minimum atomic E-state index is 0. The van der Waals surface area contributed by atoms with E-state index in [1.165, 1.54) is 25.7 Å². The van der Waals surface area contributed by atoms with Gasteiger partial charge in [-0.3, -0.25) is 4.79 Å². The van der Waals surface area contributed by atoms with E-state index in [0.29, 0.717) is 18.9 Å². The van der Waals surface area contributed by atoms with Gasteiger partial charge in [0.25, 0.3) is 0 Å². The summed E-state index contributed by atoms with van der Waals surface area (Å²) in [5.41, 5.74) is 1.07. The molecular formula is C20H34Cl2N4O. The molecule has 2 fully saturated rings. The summed E-state index contributed by atoms with van der Waals surface area (Å²) in [6, 6.07) is 4.18. The van der Waals surface area contributed by atoms with Crippen LogP contribution in [0.5, 0.6) is 0 Å². The maximum absolute atomic E-state index is 12.0. The summed E-state index contributed by atoms with van der Waals surface area (Å²) in [7, 11) is 0. The summed E-state index contributed by atoms with van der Waals surface area (Å²) in [6.45, 7) is 7.29. The lowest BCUT2D eigenvalue weighted by Crippen LogP contribution is -2.33. The summed E-state index contributed by atoms with van der Waals surface area (Å²) in [6.07, 6.45) is 8.45. The fourth-order valence-electron chi connectivity index (χ4n) is 3.74. The molecule has 7 heteroatoms. The molecule has 154 valence electrons. The van der Waals surface area contributed by atoms with Crippen LogP contribution in [0.1, 0.15) is 51.0 Å². The third-order valence-electron chi connectivity index (χ3n) is 5.64. The first kappa shape index (κ1) is 24.0. The summed E-state index contributed by atoms with van der Waals surface area (Å²) in [5.74, 6) is 2.76. The van der Waals surface area contributed by atoms with Crippen molar-refractivity contribution in [2.24, 2.45) is 11.8 Å². The Morgan fingerprint density at radius 2 is 1.89 bits per heavy atom. The number of rotatable bonds is 6. The minimum absolute atomic E-state index is 0. The number of halogens is 2. The van der Waals surface area contributed by atoms with Gasteiger partial charge in [-0.25, -0.2) is 4.98 Å². The Morgan fingerprint density at radius 1 is 1.19 bits per heavy atom. The lowest BCUT2D eigenvalue weighted by Gasteiger charge is -2.31. The number of aromatic nitrogens is 1. The van der Waals surface area contributed by atoms with E-state index in [1.807, 2.05) is 6.20 Å². The van der Waals surface area contributed by atoms with Crippen LogP contribution in [0.2, 0.25) is 0 Å². The van der Waals surface area contributed by atoms with Crippen molar-refractivity contribution in [3.63, 3.8) is 0 Å². The first-order valence-corrected chi connectivity index (χ1v) is 9.88. The number of anilines is 1. The van der Waals surface area contributed by atoms with Gasteiger partial charge in [0.2, 0.25) is 5.91 Å².